The third kappa shape index (κ3) is 6.54. The third-order valence-corrected chi connectivity index (χ3v) is 10.4. The van der Waals surface area contributed by atoms with E-state index in [0.29, 0.717) is 5.75 Å². The van der Waals surface area contributed by atoms with Crippen LogP contribution < -0.4 is 14.2 Å². The molecule has 2 N–H and O–H groups in total. The molecule has 0 aromatic heterocycles. The molecule has 13 heteroatoms. The molecule has 0 radical (unpaired) electrons. The van der Waals surface area contributed by atoms with E-state index in [-0.39, 0.29) is 46.5 Å². The fourth-order valence-corrected chi connectivity index (χ4v) is 6.89. The molecule has 11 nitrogen and oxygen atoms in total. The lowest BCUT2D eigenvalue weighted by Crippen LogP contribution is -2.50. The van der Waals surface area contributed by atoms with Crippen LogP contribution in [-0.4, -0.2) is 83.1 Å². The zero-order chi connectivity index (χ0) is 30.7. The zero-order valence-electron chi connectivity index (χ0n) is 23.8. The molecule has 0 aliphatic carbocycles. The number of benzene rings is 3. The maximum absolute atomic E-state index is 13.7. The number of nitrogens with one attached hydrogen (secondary N) is 1. The Kier molecular flexibility index (Phi) is 9.46. The minimum Gasteiger partial charge on any atom is -0.497 e. The summed E-state index contributed by atoms with van der Waals surface area (Å²) in [5.41, 5.74) is 0.113. The number of anilines is 1. The quantitative estimate of drug-likeness (QED) is 0.354. The van der Waals surface area contributed by atoms with Crippen molar-refractivity contribution in [2.24, 2.45) is 5.92 Å². The van der Waals surface area contributed by atoms with E-state index < -0.39 is 44.0 Å². The van der Waals surface area contributed by atoms with E-state index in [1.54, 1.807) is 37.3 Å². The maximum atomic E-state index is 13.7. The molecule has 3 atom stereocenters. The number of methoxy groups -OCH3 is 1. The minimum atomic E-state index is -4.05. The lowest BCUT2D eigenvalue weighted by molar-refractivity contribution is 0.0389. The number of ether oxygens (including phenoxy) is 2. The van der Waals surface area contributed by atoms with Crippen LogP contribution in [0.15, 0.2) is 82.6 Å². The lowest BCUT2D eigenvalue weighted by Gasteiger charge is -2.38. The summed E-state index contributed by atoms with van der Waals surface area (Å²) in [6.45, 7) is 3.27. The number of likely N-dealkylation sites (N-methyl/N-ethyl adjacent to an activating group) is 1. The Morgan fingerprint density at radius 2 is 1.69 bits per heavy atom. The van der Waals surface area contributed by atoms with Gasteiger partial charge in [0.15, 0.2) is 5.75 Å². The highest BCUT2D eigenvalue weighted by Gasteiger charge is 2.36. The molecule has 0 spiro atoms. The summed E-state index contributed by atoms with van der Waals surface area (Å²) in [6, 6.07) is 17.7. The van der Waals surface area contributed by atoms with Crippen molar-refractivity contribution in [3.63, 3.8) is 0 Å². The largest absolute Gasteiger partial charge is 0.497 e. The second kappa shape index (κ2) is 12.7. The van der Waals surface area contributed by atoms with Crippen molar-refractivity contribution < 1.29 is 36.2 Å². The molecule has 0 unspecified atom stereocenters. The van der Waals surface area contributed by atoms with Gasteiger partial charge >= 0.3 is 0 Å². The Morgan fingerprint density at radius 3 is 2.31 bits per heavy atom. The van der Waals surface area contributed by atoms with Gasteiger partial charge in [-0.3, -0.25) is 9.52 Å². The van der Waals surface area contributed by atoms with Crippen LogP contribution in [0.1, 0.15) is 24.2 Å². The minimum absolute atomic E-state index is 0.0190. The van der Waals surface area contributed by atoms with Gasteiger partial charge in [-0.1, -0.05) is 31.2 Å². The molecule has 226 valence electrons. The second-order valence-electron chi connectivity index (χ2n) is 10.2. The van der Waals surface area contributed by atoms with Crippen LogP contribution in [0.2, 0.25) is 0 Å². The molecule has 0 bridgehead atoms. The zero-order valence-corrected chi connectivity index (χ0v) is 25.4. The van der Waals surface area contributed by atoms with Crippen molar-refractivity contribution in [3.8, 4) is 11.5 Å². The summed E-state index contributed by atoms with van der Waals surface area (Å²) in [6.07, 6.45) is -0.800. The van der Waals surface area contributed by atoms with Gasteiger partial charge in [-0.2, -0.15) is 4.31 Å². The lowest BCUT2D eigenvalue weighted by atomic mass is 9.99. The van der Waals surface area contributed by atoms with Crippen LogP contribution >= 0.6 is 0 Å². The molecule has 3 aromatic rings. The number of amides is 1. The fraction of sp³-hybridized carbons (Fsp3) is 0.345. The summed E-state index contributed by atoms with van der Waals surface area (Å²) in [5, 5.41) is 9.90. The van der Waals surface area contributed by atoms with Gasteiger partial charge in [0.05, 0.1) is 47.3 Å². The highest BCUT2D eigenvalue weighted by molar-refractivity contribution is 7.92. The Hall–Kier alpha value is -3.65. The highest BCUT2D eigenvalue weighted by atomic mass is 32.2. The molecule has 4 rings (SSSR count). The van der Waals surface area contributed by atoms with Crippen molar-refractivity contribution in [2.75, 3.05) is 38.6 Å². The first-order chi connectivity index (χ1) is 19.9. The number of hydrogen-bond donors (Lipinski definition) is 2. The molecule has 42 heavy (non-hydrogen) atoms. The van der Waals surface area contributed by atoms with Crippen molar-refractivity contribution in [2.45, 2.75) is 35.8 Å². The van der Waals surface area contributed by atoms with Crippen molar-refractivity contribution in [3.05, 3.63) is 78.4 Å². The molecule has 1 aliphatic heterocycles. The van der Waals surface area contributed by atoms with Gasteiger partial charge in [0.2, 0.25) is 10.0 Å². The van der Waals surface area contributed by atoms with Gasteiger partial charge in [0.1, 0.15) is 11.9 Å². The number of aliphatic hydroxyl groups excluding tert-OH is 1. The Balaban J connectivity index is 1.74. The van der Waals surface area contributed by atoms with Crippen LogP contribution in [0.4, 0.5) is 5.69 Å². The standard InChI is InChI=1S/C29H35N3O8S2/c1-20-17-32(21(2)19-33)29(34)25-11-8-12-26(30-41(35,36)23-9-6-5-7-10-23)28(25)40-27(20)18-31(3)42(37,38)24-15-13-22(39-4)14-16-24/h5-16,20-21,27,30,33H,17-19H2,1-4H3/t20-,21-,27-/m0/s1. The predicted molar refractivity (Wildman–Crippen MR) is 158 cm³/mol. The molecular weight excluding hydrogens is 582 g/mol. The van der Waals surface area contributed by atoms with E-state index in [1.165, 1.54) is 61.5 Å². The molecule has 1 heterocycles. The number of hydrogen-bond acceptors (Lipinski definition) is 8. The summed E-state index contributed by atoms with van der Waals surface area (Å²) in [4.78, 5) is 15.3. The van der Waals surface area contributed by atoms with Gasteiger partial charge in [-0.25, -0.2) is 16.8 Å². The van der Waals surface area contributed by atoms with Crippen LogP contribution in [0, 0.1) is 5.92 Å². The van der Waals surface area contributed by atoms with Gasteiger partial charge in [0, 0.05) is 19.5 Å². The van der Waals surface area contributed by atoms with Crippen LogP contribution in [0.5, 0.6) is 11.5 Å². The van der Waals surface area contributed by atoms with E-state index in [2.05, 4.69) is 4.72 Å². The first kappa shape index (κ1) is 31.3. The number of sulfonamides is 2. The first-order valence-corrected chi connectivity index (χ1v) is 16.2. The van der Waals surface area contributed by atoms with Crippen LogP contribution in [0.25, 0.3) is 0 Å². The van der Waals surface area contributed by atoms with E-state index in [4.69, 9.17) is 9.47 Å². The van der Waals surface area contributed by atoms with E-state index in [1.807, 2.05) is 6.92 Å². The maximum Gasteiger partial charge on any atom is 0.262 e. The summed E-state index contributed by atoms with van der Waals surface area (Å²) in [5.74, 6) is -0.373. The SMILES string of the molecule is COc1ccc(S(=O)(=O)N(C)C[C@@H]2Oc3c(NS(=O)(=O)c4ccccc4)cccc3C(=O)N([C@@H](C)CO)C[C@@H]2C)cc1. The number of carbonyl (C=O) groups excluding carboxylic acids is 1. The van der Waals surface area contributed by atoms with Gasteiger partial charge < -0.3 is 19.5 Å². The van der Waals surface area contributed by atoms with Crippen molar-refractivity contribution in [1.29, 1.82) is 0 Å². The average Bonchev–Trinajstić information content (AvgIpc) is 2.99. The summed E-state index contributed by atoms with van der Waals surface area (Å²) >= 11 is 0. The van der Waals surface area contributed by atoms with Gasteiger partial charge in [0.25, 0.3) is 15.9 Å². The summed E-state index contributed by atoms with van der Waals surface area (Å²) in [7, 11) is -5.07. The average molecular weight is 618 g/mol. The summed E-state index contributed by atoms with van der Waals surface area (Å²) < 4.78 is 68.5. The Labute approximate surface area is 246 Å². The number of aliphatic hydroxyl groups is 1. The van der Waals surface area contributed by atoms with Crippen LogP contribution in [-0.2, 0) is 20.0 Å². The molecule has 1 amide bonds. The van der Waals surface area contributed by atoms with Crippen molar-refractivity contribution in [1.82, 2.24) is 9.21 Å². The Bertz CT molecular complexity index is 1610. The van der Waals surface area contributed by atoms with E-state index >= 15 is 0 Å². The van der Waals surface area contributed by atoms with E-state index in [0.717, 1.165) is 4.31 Å². The first-order valence-electron chi connectivity index (χ1n) is 13.3. The number of carbonyl (C=O) groups is 1. The Morgan fingerprint density at radius 1 is 1.02 bits per heavy atom. The molecule has 3 aromatic carbocycles. The van der Waals surface area contributed by atoms with Crippen molar-refractivity contribution >= 4 is 31.6 Å². The highest BCUT2D eigenvalue weighted by Crippen LogP contribution is 2.36. The molecule has 0 saturated heterocycles. The molecule has 0 saturated carbocycles. The normalized spacial score (nSPS) is 18.4. The second-order valence-corrected chi connectivity index (χ2v) is 13.9. The topological polar surface area (TPSA) is 143 Å². The molecule has 0 fully saturated rings. The smallest absolute Gasteiger partial charge is 0.262 e. The van der Waals surface area contributed by atoms with E-state index in [9.17, 15) is 26.7 Å². The molecule has 1 aliphatic rings. The third-order valence-electron chi connectivity index (χ3n) is 7.19. The van der Waals surface area contributed by atoms with Crippen LogP contribution in [0.3, 0.4) is 0 Å². The molecular formula is C29H35N3O8S2. The number of fused-ring (bicyclic) bond motifs is 1. The monoisotopic (exact) mass is 617 g/mol. The predicted octanol–water partition coefficient (Wildman–Crippen LogP) is 3.04. The van der Waals surface area contributed by atoms with Gasteiger partial charge in [-0.05, 0) is 55.5 Å². The number of para-hydroxylation sites is 1. The van der Waals surface area contributed by atoms with Gasteiger partial charge in [-0.15, -0.1) is 0 Å². The number of rotatable bonds is 10. The number of nitrogens with zero attached hydrogens (tertiary/aromatic N) is 2. The fourth-order valence-electron chi connectivity index (χ4n) is 4.62.